The van der Waals surface area contributed by atoms with Crippen LogP contribution in [0.2, 0.25) is 0 Å². The number of benzene rings is 1. The molecule has 6 heteroatoms. The van der Waals surface area contributed by atoms with Crippen molar-refractivity contribution in [2.24, 2.45) is 7.05 Å². The average molecular weight is 271 g/mol. The first kappa shape index (κ1) is 12.5. The number of hydrogen-bond donors (Lipinski definition) is 1. The largest absolute Gasteiger partial charge is 0.497 e. The van der Waals surface area contributed by atoms with E-state index in [1.807, 2.05) is 43.7 Å². The fourth-order valence-corrected chi connectivity index (χ4v) is 2.53. The third-order valence-electron chi connectivity index (χ3n) is 3.47. The summed E-state index contributed by atoms with van der Waals surface area (Å²) in [4.78, 5) is 4.42. The molecule has 1 aromatic carbocycles. The molecule has 2 heterocycles. The van der Waals surface area contributed by atoms with E-state index >= 15 is 0 Å². The molecule has 0 saturated carbocycles. The molecular weight excluding hydrogens is 254 g/mol. The summed E-state index contributed by atoms with van der Waals surface area (Å²) in [6.07, 6.45) is 0. The van der Waals surface area contributed by atoms with E-state index in [0.717, 1.165) is 33.9 Å². The molecule has 20 heavy (non-hydrogen) atoms. The van der Waals surface area contributed by atoms with E-state index in [9.17, 15) is 0 Å². The molecule has 0 amide bonds. The molecule has 0 aliphatic carbocycles. The van der Waals surface area contributed by atoms with Crippen LogP contribution in [0.1, 0.15) is 11.3 Å². The van der Waals surface area contributed by atoms with Crippen LogP contribution in [0.5, 0.6) is 5.75 Å². The van der Waals surface area contributed by atoms with Crippen molar-refractivity contribution in [2.45, 2.75) is 13.8 Å². The van der Waals surface area contributed by atoms with Gasteiger partial charge in [-0.1, -0.05) is 0 Å². The van der Waals surface area contributed by atoms with Crippen molar-refractivity contribution in [3.05, 3.63) is 29.5 Å². The maximum Gasteiger partial charge on any atom is 0.207 e. The highest BCUT2D eigenvalue weighted by molar-refractivity contribution is 5.80. The van der Waals surface area contributed by atoms with Crippen LogP contribution >= 0.6 is 0 Å². The molecule has 0 aliphatic heterocycles. The summed E-state index contributed by atoms with van der Waals surface area (Å²) in [7, 11) is 3.55. The average Bonchev–Trinajstić information content (AvgIpc) is 2.88. The van der Waals surface area contributed by atoms with E-state index in [1.165, 1.54) is 0 Å². The highest BCUT2D eigenvalue weighted by Gasteiger charge is 2.18. The molecule has 6 nitrogen and oxygen atoms in total. The van der Waals surface area contributed by atoms with Crippen LogP contribution in [0.15, 0.2) is 18.2 Å². The standard InChI is InChI=1S/C14H17N5O/c1-8-7-10(20-4)5-6-11(8)19-13-12(16-14(19)15)9(2)17-18(13)3/h5-7H,1-4H3,(H2,15,16). The minimum absolute atomic E-state index is 0.462. The Kier molecular flexibility index (Phi) is 2.67. The Morgan fingerprint density at radius 2 is 2.00 bits per heavy atom. The summed E-state index contributed by atoms with van der Waals surface area (Å²) in [6, 6.07) is 5.87. The van der Waals surface area contributed by atoms with E-state index in [0.29, 0.717) is 5.95 Å². The van der Waals surface area contributed by atoms with Crippen LogP contribution in [-0.2, 0) is 7.05 Å². The summed E-state index contributed by atoms with van der Waals surface area (Å²) >= 11 is 0. The Morgan fingerprint density at radius 3 is 2.65 bits per heavy atom. The molecule has 3 rings (SSSR count). The number of anilines is 1. The first-order chi connectivity index (χ1) is 9.52. The quantitative estimate of drug-likeness (QED) is 0.773. The van der Waals surface area contributed by atoms with Gasteiger partial charge in [0.25, 0.3) is 0 Å². The van der Waals surface area contributed by atoms with E-state index in [4.69, 9.17) is 10.5 Å². The van der Waals surface area contributed by atoms with Crippen molar-refractivity contribution < 1.29 is 4.74 Å². The van der Waals surface area contributed by atoms with Crippen molar-refractivity contribution in [2.75, 3.05) is 12.8 Å². The van der Waals surface area contributed by atoms with Crippen molar-refractivity contribution in [3.63, 3.8) is 0 Å². The van der Waals surface area contributed by atoms with Gasteiger partial charge in [0.05, 0.1) is 18.5 Å². The molecule has 0 atom stereocenters. The molecule has 2 aromatic heterocycles. The minimum atomic E-state index is 0.462. The summed E-state index contributed by atoms with van der Waals surface area (Å²) in [5.41, 5.74) is 10.7. The smallest absolute Gasteiger partial charge is 0.207 e. The van der Waals surface area contributed by atoms with Crippen LogP contribution in [0.3, 0.4) is 0 Å². The number of fused-ring (bicyclic) bond motifs is 1. The van der Waals surface area contributed by atoms with Crippen LogP contribution < -0.4 is 10.5 Å². The lowest BCUT2D eigenvalue weighted by Crippen LogP contribution is -2.06. The van der Waals surface area contributed by atoms with Gasteiger partial charge in [0.2, 0.25) is 5.95 Å². The molecule has 0 aliphatic rings. The predicted molar refractivity (Wildman–Crippen MR) is 78.3 cm³/mol. The van der Waals surface area contributed by atoms with Crippen LogP contribution in [-0.4, -0.2) is 26.4 Å². The lowest BCUT2D eigenvalue weighted by Gasteiger charge is -2.11. The molecule has 0 radical (unpaired) electrons. The number of nitrogens with zero attached hydrogens (tertiary/aromatic N) is 4. The zero-order chi connectivity index (χ0) is 14.4. The first-order valence-electron chi connectivity index (χ1n) is 6.35. The Labute approximate surface area is 116 Å². The normalized spacial score (nSPS) is 11.2. The van der Waals surface area contributed by atoms with Gasteiger partial charge in [-0.25, -0.2) is 9.67 Å². The van der Waals surface area contributed by atoms with Gasteiger partial charge in [-0.15, -0.1) is 0 Å². The molecule has 0 saturated heterocycles. The second kappa shape index (κ2) is 4.26. The number of aromatic nitrogens is 4. The lowest BCUT2D eigenvalue weighted by molar-refractivity contribution is 0.414. The number of hydrogen-bond acceptors (Lipinski definition) is 4. The molecule has 2 N–H and O–H groups in total. The third kappa shape index (κ3) is 1.65. The predicted octanol–water partition coefficient (Wildman–Crippen LogP) is 1.97. The van der Waals surface area contributed by atoms with Crippen molar-refractivity contribution >= 4 is 17.1 Å². The number of imidazole rings is 1. The summed E-state index contributed by atoms with van der Waals surface area (Å²) in [5.74, 6) is 1.28. The second-order valence-electron chi connectivity index (χ2n) is 4.84. The summed E-state index contributed by atoms with van der Waals surface area (Å²) in [5, 5.41) is 4.39. The zero-order valence-electron chi connectivity index (χ0n) is 12.0. The van der Waals surface area contributed by atoms with Crippen LogP contribution in [0.4, 0.5) is 5.95 Å². The Morgan fingerprint density at radius 1 is 1.25 bits per heavy atom. The van der Waals surface area contributed by atoms with Gasteiger partial charge in [0.15, 0.2) is 5.65 Å². The zero-order valence-corrected chi connectivity index (χ0v) is 12.0. The van der Waals surface area contributed by atoms with E-state index in [2.05, 4.69) is 10.1 Å². The fourth-order valence-electron chi connectivity index (χ4n) is 2.53. The van der Waals surface area contributed by atoms with Gasteiger partial charge in [-0.05, 0) is 37.6 Å². The van der Waals surface area contributed by atoms with Crippen LogP contribution in [0, 0.1) is 13.8 Å². The maximum atomic E-state index is 6.09. The number of ether oxygens (including phenoxy) is 1. The van der Waals surface area contributed by atoms with E-state index in [-0.39, 0.29) is 0 Å². The number of rotatable bonds is 2. The minimum Gasteiger partial charge on any atom is -0.497 e. The molecule has 0 spiro atoms. The van der Waals surface area contributed by atoms with Gasteiger partial charge < -0.3 is 10.5 Å². The number of nitrogens with two attached hydrogens (primary N) is 1. The van der Waals surface area contributed by atoms with E-state index < -0.39 is 0 Å². The second-order valence-corrected chi connectivity index (χ2v) is 4.84. The summed E-state index contributed by atoms with van der Waals surface area (Å²) in [6.45, 7) is 3.95. The highest BCUT2D eigenvalue weighted by Crippen LogP contribution is 2.28. The van der Waals surface area contributed by atoms with Gasteiger partial charge in [-0.3, -0.25) is 4.57 Å². The number of methoxy groups -OCH3 is 1. The molecule has 0 unspecified atom stereocenters. The molecule has 104 valence electrons. The summed E-state index contributed by atoms with van der Waals surface area (Å²) < 4.78 is 8.96. The lowest BCUT2D eigenvalue weighted by atomic mass is 10.2. The molecule has 0 fully saturated rings. The van der Waals surface area contributed by atoms with Crippen molar-refractivity contribution in [1.82, 2.24) is 19.3 Å². The first-order valence-corrected chi connectivity index (χ1v) is 6.35. The SMILES string of the molecule is COc1ccc(-n2c(N)nc3c(C)nn(C)c32)c(C)c1. The fraction of sp³-hybridized carbons (Fsp3) is 0.286. The molecular formula is C14H17N5O. The van der Waals surface area contributed by atoms with Crippen molar-refractivity contribution in [1.29, 1.82) is 0 Å². The topological polar surface area (TPSA) is 70.9 Å². The molecule has 0 bridgehead atoms. The highest BCUT2D eigenvalue weighted by atomic mass is 16.5. The van der Waals surface area contributed by atoms with Gasteiger partial charge >= 0.3 is 0 Å². The number of aryl methyl sites for hydroxylation is 3. The number of nitrogen functional groups attached to an aromatic ring is 1. The van der Waals surface area contributed by atoms with Gasteiger partial charge in [0.1, 0.15) is 11.3 Å². The Balaban J connectivity index is 2.31. The van der Waals surface area contributed by atoms with E-state index in [1.54, 1.807) is 11.8 Å². The monoisotopic (exact) mass is 271 g/mol. The Hall–Kier alpha value is -2.50. The van der Waals surface area contributed by atoms with Gasteiger partial charge in [-0.2, -0.15) is 5.10 Å². The Bertz CT molecular complexity index is 800. The van der Waals surface area contributed by atoms with Crippen LogP contribution in [0.25, 0.3) is 16.9 Å². The molecule has 3 aromatic rings. The maximum absolute atomic E-state index is 6.09. The third-order valence-corrected chi connectivity index (χ3v) is 3.47. The van der Waals surface area contributed by atoms with Gasteiger partial charge in [0, 0.05) is 7.05 Å². The van der Waals surface area contributed by atoms with Crippen molar-refractivity contribution in [3.8, 4) is 11.4 Å².